The van der Waals surface area contributed by atoms with Gasteiger partial charge in [0, 0.05) is 23.1 Å². The van der Waals surface area contributed by atoms with Gasteiger partial charge >= 0.3 is 0 Å². The lowest BCUT2D eigenvalue weighted by atomic mass is 9.96. The summed E-state index contributed by atoms with van der Waals surface area (Å²) in [4.78, 5) is 0. The van der Waals surface area contributed by atoms with Crippen LogP contribution in [0.4, 0.5) is 0 Å². The smallest absolute Gasteiger partial charge is 0.0697 e. The summed E-state index contributed by atoms with van der Waals surface area (Å²) in [6.45, 7) is 13.5. The van der Waals surface area contributed by atoms with E-state index in [1.165, 1.54) is 0 Å². The monoisotopic (exact) mass is 228 g/mol. The molecule has 1 unspecified atom stereocenters. The third-order valence-electron chi connectivity index (χ3n) is 1.96. The molecule has 0 bridgehead atoms. The molecule has 2 nitrogen and oxygen atoms in total. The Balaban J connectivity index is 3.78. The van der Waals surface area contributed by atoms with Crippen LogP contribution in [0.5, 0.6) is 0 Å². The maximum atomic E-state index is 8.87. The Labute approximate surface area is 98.8 Å². The van der Waals surface area contributed by atoms with Gasteiger partial charge in [-0.15, -0.1) is 0 Å². The molecule has 0 saturated heterocycles. The number of nitriles is 1. The average Bonchev–Trinajstić information content (AvgIpc) is 2.10. The number of nitrogens with one attached hydrogen (secondary N) is 1. The molecule has 0 fully saturated rings. The van der Waals surface area contributed by atoms with Crippen LogP contribution in [-0.2, 0) is 0 Å². The van der Waals surface area contributed by atoms with Crippen molar-refractivity contribution >= 4 is 11.8 Å². The predicted octanol–water partition coefficient (Wildman–Crippen LogP) is 3.05. The van der Waals surface area contributed by atoms with Crippen LogP contribution in [0.1, 0.15) is 41.5 Å². The third-order valence-corrected chi connectivity index (χ3v) is 3.49. The molecule has 0 spiro atoms. The van der Waals surface area contributed by atoms with Crippen molar-refractivity contribution in [2.75, 3.05) is 12.3 Å². The number of hydrogen-bond acceptors (Lipinski definition) is 3. The van der Waals surface area contributed by atoms with Gasteiger partial charge in [0.1, 0.15) is 0 Å². The molecule has 3 heteroatoms. The van der Waals surface area contributed by atoms with E-state index in [2.05, 4.69) is 39.1 Å². The topological polar surface area (TPSA) is 35.8 Å². The van der Waals surface area contributed by atoms with Crippen LogP contribution in [0.3, 0.4) is 0 Å². The van der Waals surface area contributed by atoms with Gasteiger partial charge in [0.05, 0.1) is 11.5 Å². The first-order chi connectivity index (χ1) is 6.66. The zero-order valence-corrected chi connectivity index (χ0v) is 11.7. The Hall–Kier alpha value is -0.200. The standard InChI is InChI=1S/C12H24N2S/c1-10(7-15-11(2,3)4)14-9-12(5,6)8-13/h10,14H,7,9H2,1-6H3. The zero-order chi connectivity index (χ0) is 12.1. The molecular formula is C12H24N2S. The molecule has 1 N–H and O–H groups in total. The van der Waals surface area contributed by atoms with Gasteiger partial charge in [0.15, 0.2) is 0 Å². The van der Waals surface area contributed by atoms with E-state index in [-0.39, 0.29) is 5.41 Å². The fraction of sp³-hybridized carbons (Fsp3) is 0.917. The van der Waals surface area contributed by atoms with Crippen molar-refractivity contribution in [3.05, 3.63) is 0 Å². The van der Waals surface area contributed by atoms with Crippen molar-refractivity contribution in [3.63, 3.8) is 0 Å². The largest absolute Gasteiger partial charge is 0.312 e. The molecule has 0 saturated carbocycles. The van der Waals surface area contributed by atoms with Crippen LogP contribution in [0.2, 0.25) is 0 Å². The second-order valence-corrected chi connectivity index (χ2v) is 7.55. The first kappa shape index (κ1) is 14.8. The molecule has 0 radical (unpaired) electrons. The van der Waals surface area contributed by atoms with Crippen molar-refractivity contribution < 1.29 is 0 Å². The molecular weight excluding hydrogens is 204 g/mol. The van der Waals surface area contributed by atoms with E-state index in [1.54, 1.807) is 0 Å². The molecule has 0 aromatic carbocycles. The Kier molecular flexibility index (Phi) is 5.69. The van der Waals surface area contributed by atoms with E-state index < -0.39 is 0 Å². The highest BCUT2D eigenvalue weighted by Gasteiger charge is 2.18. The Bertz CT molecular complexity index is 223. The zero-order valence-electron chi connectivity index (χ0n) is 10.8. The summed E-state index contributed by atoms with van der Waals surface area (Å²) in [5.41, 5.74) is -0.263. The summed E-state index contributed by atoms with van der Waals surface area (Å²) < 4.78 is 0.320. The number of nitrogens with zero attached hydrogens (tertiary/aromatic N) is 1. The Morgan fingerprint density at radius 1 is 1.27 bits per heavy atom. The highest BCUT2D eigenvalue weighted by molar-refractivity contribution is 8.00. The first-order valence-corrected chi connectivity index (χ1v) is 6.43. The van der Waals surface area contributed by atoms with E-state index in [4.69, 9.17) is 5.26 Å². The molecule has 88 valence electrons. The van der Waals surface area contributed by atoms with E-state index in [0.717, 1.165) is 12.3 Å². The molecule has 0 aliphatic rings. The second-order valence-electron chi connectivity index (χ2n) is 5.70. The molecule has 15 heavy (non-hydrogen) atoms. The van der Waals surface area contributed by atoms with Gasteiger partial charge in [-0.1, -0.05) is 20.8 Å². The van der Waals surface area contributed by atoms with Gasteiger partial charge in [0.2, 0.25) is 0 Å². The Morgan fingerprint density at radius 3 is 2.20 bits per heavy atom. The lowest BCUT2D eigenvalue weighted by molar-refractivity contribution is 0.422. The van der Waals surface area contributed by atoms with E-state index in [0.29, 0.717) is 10.8 Å². The normalized spacial score (nSPS) is 14.7. The number of rotatable bonds is 5. The van der Waals surface area contributed by atoms with E-state index >= 15 is 0 Å². The quantitative estimate of drug-likeness (QED) is 0.785. The summed E-state index contributed by atoms with van der Waals surface area (Å²) in [5, 5.41) is 12.3. The van der Waals surface area contributed by atoms with Crippen LogP contribution < -0.4 is 5.32 Å². The SMILES string of the molecule is CC(CSC(C)(C)C)NCC(C)(C)C#N. The van der Waals surface area contributed by atoms with Crippen molar-refractivity contribution in [2.24, 2.45) is 5.41 Å². The van der Waals surface area contributed by atoms with E-state index in [1.807, 2.05) is 25.6 Å². The molecule has 0 aliphatic heterocycles. The van der Waals surface area contributed by atoms with Crippen LogP contribution in [0, 0.1) is 16.7 Å². The highest BCUT2D eigenvalue weighted by atomic mass is 32.2. The van der Waals surface area contributed by atoms with Crippen LogP contribution >= 0.6 is 11.8 Å². The van der Waals surface area contributed by atoms with E-state index in [9.17, 15) is 0 Å². The van der Waals surface area contributed by atoms with Crippen LogP contribution in [0.15, 0.2) is 0 Å². The summed E-state index contributed by atoms with van der Waals surface area (Å²) in [5.74, 6) is 1.09. The summed E-state index contributed by atoms with van der Waals surface area (Å²) >= 11 is 1.95. The molecule has 0 aromatic rings. The molecule has 0 heterocycles. The highest BCUT2D eigenvalue weighted by Crippen LogP contribution is 2.23. The molecule has 0 rings (SSSR count). The predicted molar refractivity (Wildman–Crippen MR) is 69.1 cm³/mol. The van der Waals surface area contributed by atoms with Gasteiger partial charge < -0.3 is 5.32 Å². The van der Waals surface area contributed by atoms with Crippen molar-refractivity contribution in [3.8, 4) is 6.07 Å². The van der Waals surface area contributed by atoms with Gasteiger partial charge in [-0.2, -0.15) is 17.0 Å². The molecule has 1 atom stereocenters. The fourth-order valence-electron chi connectivity index (χ4n) is 0.903. The number of hydrogen-bond donors (Lipinski definition) is 1. The van der Waals surface area contributed by atoms with Crippen LogP contribution in [0.25, 0.3) is 0 Å². The molecule has 0 aliphatic carbocycles. The lowest BCUT2D eigenvalue weighted by Gasteiger charge is -2.23. The van der Waals surface area contributed by atoms with Crippen molar-refractivity contribution in [1.29, 1.82) is 5.26 Å². The first-order valence-electron chi connectivity index (χ1n) is 5.45. The van der Waals surface area contributed by atoms with Crippen molar-refractivity contribution in [1.82, 2.24) is 5.32 Å². The molecule has 0 aromatic heterocycles. The average molecular weight is 228 g/mol. The second kappa shape index (κ2) is 5.77. The minimum atomic E-state index is -0.263. The molecule has 0 amide bonds. The Morgan fingerprint density at radius 2 is 1.80 bits per heavy atom. The minimum Gasteiger partial charge on any atom is -0.312 e. The maximum Gasteiger partial charge on any atom is 0.0697 e. The van der Waals surface area contributed by atoms with Crippen molar-refractivity contribution in [2.45, 2.75) is 52.3 Å². The lowest BCUT2D eigenvalue weighted by Crippen LogP contribution is -2.36. The number of thioether (sulfide) groups is 1. The van der Waals surface area contributed by atoms with Gasteiger partial charge in [-0.25, -0.2) is 0 Å². The summed E-state index contributed by atoms with van der Waals surface area (Å²) in [6.07, 6.45) is 0. The van der Waals surface area contributed by atoms with Gasteiger partial charge in [0.25, 0.3) is 0 Å². The summed E-state index contributed by atoms with van der Waals surface area (Å²) in [6, 6.07) is 2.76. The van der Waals surface area contributed by atoms with Gasteiger partial charge in [-0.05, 0) is 20.8 Å². The van der Waals surface area contributed by atoms with Crippen LogP contribution in [-0.4, -0.2) is 23.1 Å². The fourth-order valence-corrected chi connectivity index (χ4v) is 1.77. The summed E-state index contributed by atoms with van der Waals surface area (Å²) in [7, 11) is 0. The maximum absolute atomic E-state index is 8.87. The van der Waals surface area contributed by atoms with Gasteiger partial charge in [-0.3, -0.25) is 0 Å². The third kappa shape index (κ3) is 8.77. The minimum absolute atomic E-state index is 0.263.